The van der Waals surface area contributed by atoms with Crippen molar-refractivity contribution in [2.45, 2.75) is 55.3 Å². The fourth-order valence-corrected chi connectivity index (χ4v) is 3.97. The van der Waals surface area contributed by atoms with Gasteiger partial charge in [-0.1, -0.05) is 0 Å². The van der Waals surface area contributed by atoms with Crippen molar-refractivity contribution in [3.05, 3.63) is 0 Å². The molecule has 2 rings (SSSR count). The second-order valence-corrected chi connectivity index (χ2v) is 7.82. The van der Waals surface area contributed by atoms with Gasteiger partial charge in [-0.15, -0.1) is 0 Å². The standard InChI is InChI=1S/C10H17ClO3S/c1-14-9(3-2-4-9)5-6-10(7-8-10)15(11,12)13/h2-8H2,1H3. The second-order valence-electron chi connectivity index (χ2n) is 4.86. The van der Waals surface area contributed by atoms with E-state index in [0.717, 1.165) is 32.1 Å². The lowest BCUT2D eigenvalue weighted by molar-refractivity contribution is -0.0789. The molecule has 0 atom stereocenters. The SMILES string of the molecule is COC1(CCC2(S(=O)(=O)Cl)CC2)CCC1. The predicted octanol–water partition coefficient (Wildman–Crippen LogP) is 2.44. The molecule has 0 spiro atoms. The summed E-state index contributed by atoms with van der Waals surface area (Å²) >= 11 is 0. The van der Waals surface area contributed by atoms with Gasteiger partial charge in [0, 0.05) is 17.8 Å². The lowest BCUT2D eigenvalue weighted by atomic mass is 9.76. The molecule has 0 aromatic heterocycles. The highest BCUT2D eigenvalue weighted by atomic mass is 35.7. The number of methoxy groups -OCH3 is 1. The lowest BCUT2D eigenvalue weighted by Crippen LogP contribution is -2.40. The number of rotatable bonds is 5. The fraction of sp³-hybridized carbons (Fsp3) is 1.00. The van der Waals surface area contributed by atoms with E-state index in [4.69, 9.17) is 15.4 Å². The van der Waals surface area contributed by atoms with Crippen LogP contribution in [0.4, 0.5) is 0 Å². The van der Waals surface area contributed by atoms with Crippen molar-refractivity contribution in [2.24, 2.45) is 0 Å². The van der Waals surface area contributed by atoms with E-state index in [2.05, 4.69) is 0 Å². The summed E-state index contributed by atoms with van der Waals surface area (Å²) in [5.41, 5.74) is -0.0445. The van der Waals surface area contributed by atoms with E-state index in [-0.39, 0.29) is 5.60 Å². The van der Waals surface area contributed by atoms with Crippen LogP contribution in [0.3, 0.4) is 0 Å². The van der Waals surface area contributed by atoms with E-state index in [9.17, 15) is 8.42 Å². The Kier molecular flexibility index (Phi) is 2.81. The Morgan fingerprint density at radius 2 is 1.80 bits per heavy atom. The smallest absolute Gasteiger partial charge is 0.238 e. The highest BCUT2D eigenvalue weighted by molar-refractivity contribution is 8.15. The quantitative estimate of drug-likeness (QED) is 0.706. The van der Waals surface area contributed by atoms with Crippen LogP contribution in [0.2, 0.25) is 0 Å². The summed E-state index contributed by atoms with van der Waals surface area (Å²) in [5.74, 6) is 0. The molecule has 0 radical (unpaired) electrons. The zero-order valence-electron chi connectivity index (χ0n) is 8.96. The Bertz CT molecular complexity index is 336. The van der Waals surface area contributed by atoms with Gasteiger partial charge in [0.15, 0.2) is 0 Å². The number of halogens is 1. The molecule has 2 fully saturated rings. The summed E-state index contributed by atoms with van der Waals surface area (Å²) in [7, 11) is 3.78. The maximum atomic E-state index is 11.4. The Morgan fingerprint density at radius 3 is 2.07 bits per heavy atom. The Hall–Kier alpha value is 0.200. The van der Waals surface area contributed by atoms with Crippen molar-refractivity contribution in [3.8, 4) is 0 Å². The molecule has 0 bridgehead atoms. The zero-order chi connectivity index (χ0) is 11.2. The molecular weight excluding hydrogens is 236 g/mol. The Labute approximate surface area is 95.6 Å². The van der Waals surface area contributed by atoms with Crippen LogP contribution in [0.1, 0.15) is 44.9 Å². The Morgan fingerprint density at radius 1 is 1.20 bits per heavy atom. The number of ether oxygens (including phenoxy) is 1. The minimum absolute atomic E-state index is 0.0445. The van der Waals surface area contributed by atoms with Crippen LogP contribution in [-0.4, -0.2) is 25.9 Å². The summed E-state index contributed by atoms with van der Waals surface area (Å²) in [6.07, 6.45) is 6.23. The van der Waals surface area contributed by atoms with Crippen molar-refractivity contribution in [1.82, 2.24) is 0 Å². The molecule has 0 aromatic carbocycles. The van der Waals surface area contributed by atoms with Gasteiger partial charge in [-0.3, -0.25) is 0 Å². The third kappa shape index (κ3) is 2.04. The summed E-state index contributed by atoms with van der Waals surface area (Å²) in [6.45, 7) is 0. The van der Waals surface area contributed by atoms with Gasteiger partial charge < -0.3 is 4.74 Å². The Balaban J connectivity index is 1.94. The van der Waals surface area contributed by atoms with Crippen LogP contribution >= 0.6 is 10.7 Å². The van der Waals surface area contributed by atoms with Gasteiger partial charge in [0.05, 0.1) is 10.3 Å². The third-order valence-corrected chi connectivity index (χ3v) is 6.69. The van der Waals surface area contributed by atoms with Gasteiger partial charge in [0.2, 0.25) is 9.05 Å². The largest absolute Gasteiger partial charge is 0.378 e. The molecule has 0 N–H and O–H groups in total. The first-order valence-electron chi connectivity index (χ1n) is 5.43. The van der Waals surface area contributed by atoms with E-state index >= 15 is 0 Å². The molecule has 2 aliphatic rings. The molecule has 0 amide bonds. The van der Waals surface area contributed by atoms with Crippen LogP contribution in [0.5, 0.6) is 0 Å². The molecule has 0 unspecified atom stereocenters. The minimum Gasteiger partial charge on any atom is -0.378 e. The van der Waals surface area contributed by atoms with Crippen molar-refractivity contribution in [3.63, 3.8) is 0 Å². The molecule has 88 valence electrons. The van der Waals surface area contributed by atoms with Gasteiger partial charge >= 0.3 is 0 Å². The van der Waals surface area contributed by atoms with Crippen molar-refractivity contribution >= 4 is 19.7 Å². The van der Waals surface area contributed by atoms with Gasteiger partial charge in [-0.05, 0) is 44.9 Å². The molecule has 2 aliphatic carbocycles. The summed E-state index contributed by atoms with van der Waals surface area (Å²) < 4.78 is 27.6. The molecule has 5 heteroatoms. The van der Waals surface area contributed by atoms with Crippen LogP contribution < -0.4 is 0 Å². The van der Waals surface area contributed by atoms with Crippen molar-refractivity contribution < 1.29 is 13.2 Å². The highest BCUT2D eigenvalue weighted by Gasteiger charge is 2.54. The molecular formula is C10H17ClO3S. The topological polar surface area (TPSA) is 43.4 Å². The molecule has 15 heavy (non-hydrogen) atoms. The van der Waals surface area contributed by atoms with E-state index in [0.29, 0.717) is 6.42 Å². The molecule has 3 nitrogen and oxygen atoms in total. The number of hydrogen-bond donors (Lipinski definition) is 0. The first-order chi connectivity index (χ1) is 6.93. The van der Waals surface area contributed by atoms with Crippen molar-refractivity contribution in [2.75, 3.05) is 7.11 Å². The van der Waals surface area contributed by atoms with Crippen LogP contribution in [0, 0.1) is 0 Å². The van der Waals surface area contributed by atoms with Crippen LogP contribution in [0.25, 0.3) is 0 Å². The average molecular weight is 253 g/mol. The van der Waals surface area contributed by atoms with Gasteiger partial charge in [-0.2, -0.15) is 0 Å². The summed E-state index contributed by atoms with van der Waals surface area (Å²) in [6, 6.07) is 0. The maximum absolute atomic E-state index is 11.4. The van der Waals surface area contributed by atoms with Gasteiger partial charge in [0.1, 0.15) is 0 Å². The molecule has 0 aromatic rings. The predicted molar refractivity (Wildman–Crippen MR) is 59.6 cm³/mol. The molecule has 2 saturated carbocycles. The molecule has 0 aliphatic heterocycles. The fourth-order valence-electron chi connectivity index (χ4n) is 2.34. The summed E-state index contributed by atoms with van der Waals surface area (Å²) in [4.78, 5) is 0. The minimum atomic E-state index is -3.39. The first kappa shape index (κ1) is 11.7. The first-order valence-corrected chi connectivity index (χ1v) is 7.73. The normalized spacial score (nSPS) is 27.1. The van der Waals surface area contributed by atoms with E-state index in [1.54, 1.807) is 7.11 Å². The van der Waals surface area contributed by atoms with E-state index in [1.807, 2.05) is 0 Å². The van der Waals surface area contributed by atoms with Gasteiger partial charge in [0.25, 0.3) is 0 Å². The van der Waals surface area contributed by atoms with Crippen LogP contribution in [0.15, 0.2) is 0 Å². The average Bonchev–Trinajstić information content (AvgIpc) is 2.82. The monoisotopic (exact) mass is 252 g/mol. The molecule has 0 saturated heterocycles. The lowest BCUT2D eigenvalue weighted by Gasteiger charge is -2.41. The highest BCUT2D eigenvalue weighted by Crippen LogP contribution is 2.52. The van der Waals surface area contributed by atoms with Crippen molar-refractivity contribution in [1.29, 1.82) is 0 Å². The third-order valence-electron chi connectivity index (χ3n) is 4.06. The van der Waals surface area contributed by atoms with E-state index in [1.165, 1.54) is 6.42 Å². The number of hydrogen-bond acceptors (Lipinski definition) is 3. The van der Waals surface area contributed by atoms with Gasteiger partial charge in [-0.25, -0.2) is 8.42 Å². The molecule has 0 heterocycles. The second kappa shape index (κ2) is 3.60. The summed E-state index contributed by atoms with van der Waals surface area (Å²) in [5, 5.41) is 0. The zero-order valence-corrected chi connectivity index (χ0v) is 10.5. The maximum Gasteiger partial charge on any atom is 0.238 e. The van der Waals surface area contributed by atoms with Crippen LogP contribution in [-0.2, 0) is 13.8 Å². The van der Waals surface area contributed by atoms with E-state index < -0.39 is 13.8 Å².